The second-order valence-electron chi connectivity index (χ2n) is 8.40. The fourth-order valence-electron chi connectivity index (χ4n) is 3.97. The Kier molecular flexibility index (Phi) is 8.50. The van der Waals surface area contributed by atoms with Crippen molar-refractivity contribution in [1.82, 2.24) is 19.9 Å². The molecule has 0 aliphatic heterocycles. The molecule has 1 aliphatic rings. The molecule has 0 spiro atoms. The van der Waals surface area contributed by atoms with E-state index in [0.29, 0.717) is 22.2 Å². The van der Waals surface area contributed by atoms with Crippen LogP contribution in [0.4, 0.5) is 0 Å². The number of hydrazone groups is 1. The number of carbonyl (C=O) groups excluding carboxylic acids is 1. The monoisotopic (exact) mass is 538 g/mol. The van der Waals surface area contributed by atoms with Crippen LogP contribution in [0.2, 0.25) is 10.0 Å². The average molecular weight is 539 g/mol. The van der Waals surface area contributed by atoms with E-state index in [4.69, 9.17) is 39.9 Å². The number of carbonyl (C=O) groups is 1. The number of hydrogen-bond acceptors (Lipinski definition) is 5. The molecule has 0 atom stereocenters. The van der Waals surface area contributed by atoms with E-state index >= 15 is 0 Å². The highest BCUT2D eigenvalue weighted by molar-refractivity contribution is 6.42. The molecular formula is C26H28Cl2N8O. The van der Waals surface area contributed by atoms with Crippen molar-refractivity contribution in [2.75, 3.05) is 6.54 Å². The van der Waals surface area contributed by atoms with Crippen LogP contribution in [0.25, 0.3) is 11.0 Å². The summed E-state index contributed by atoms with van der Waals surface area (Å²) in [5.74, 6) is 10.5. The summed E-state index contributed by atoms with van der Waals surface area (Å²) < 4.78 is 4.11. The van der Waals surface area contributed by atoms with Crippen molar-refractivity contribution < 1.29 is 4.79 Å². The molecule has 0 saturated carbocycles. The van der Waals surface area contributed by atoms with Crippen LogP contribution in [0.1, 0.15) is 28.8 Å². The zero-order valence-corrected chi connectivity index (χ0v) is 21.8. The number of halogens is 2. The molecule has 2 aromatic carbocycles. The summed E-state index contributed by atoms with van der Waals surface area (Å²) in [5, 5.41) is 7.12. The Hall–Kier alpha value is -3.79. The van der Waals surface area contributed by atoms with E-state index in [1.807, 2.05) is 48.0 Å². The molecule has 9 nitrogen and oxygen atoms in total. The van der Waals surface area contributed by atoms with Gasteiger partial charge in [0.05, 0.1) is 34.2 Å². The van der Waals surface area contributed by atoms with E-state index < -0.39 is 0 Å². The van der Waals surface area contributed by atoms with Crippen LogP contribution in [0, 0.1) is 0 Å². The van der Waals surface area contributed by atoms with E-state index in [9.17, 15) is 4.79 Å². The summed E-state index contributed by atoms with van der Waals surface area (Å²) in [7, 11) is 1.96. The first-order valence-electron chi connectivity index (χ1n) is 11.6. The lowest BCUT2D eigenvalue weighted by Gasteiger charge is -2.09. The molecule has 4 rings (SSSR count). The molecule has 11 heteroatoms. The van der Waals surface area contributed by atoms with Crippen molar-refractivity contribution in [2.45, 2.75) is 19.4 Å². The van der Waals surface area contributed by atoms with Crippen molar-refractivity contribution in [2.24, 2.45) is 28.8 Å². The Morgan fingerprint density at radius 1 is 1.08 bits per heavy atom. The number of aryl methyl sites for hydroxylation is 1. The van der Waals surface area contributed by atoms with Crippen LogP contribution >= 0.6 is 23.2 Å². The molecule has 0 fully saturated rings. The number of fused-ring (bicyclic) bond motifs is 1. The van der Waals surface area contributed by atoms with Gasteiger partial charge in [0.25, 0.3) is 5.91 Å². The van der Waals surface area contributed by atoms with Gasteiger partial charge in [-0.1, -0.05) is 65.7 Å². The maximum absolute atomic E-state index is 12.5. The fourth-order valence-corrected chi connectivity index (χ4v) is 4.29. The van der Waals surface area contributed by atoms with E-state index in [2.05, 4.69) is 38.6 Å². The number of nitrogens with one attached hydrogen (secondary N) is 2. The number of allylic oxidation sites excluding steroid dienone is 5. The van der Waals surface area contributed by atoms with E-state index in [-0.39, 0.29) is 18.3 Å². The predicted octanol–water partition coefficient (Wildman–Crippen LogP) is 3.49. The molecule has 3 aromatic rings. The number of rotatable bonds is 6. The molecule has 0 unspecified atom stereocenters. The fraction of sp³-hybridized carbons (Fsp3) is 0.192. The second kappa shape index (κ2) is 12.0. The van der Waals surface area contributed by atoms with Gasteiger partial charge in [-0.15, -0.1) is 0 Å². The Morgan fingerprint density at radius 3 is 2.49 bits per heavy atom. The van der Waals surface area contributed by atoms with Gasteiger partial charge in [0, 0.05) is 24.7 Å². The van der Waals surface area contributed by atoms with Gasteiger partial charge in [-0.2, -0.15) is 5.10 Å². The first kappa shape index (κ1) is 26.3. The third-order valence-electron chi connectivity index (χ3n) is 5.95. The van der Waals surface area contributed by atoms with Gasteiger partial charge >= 0.3 is 0 Å². The zero-order chi connectivity index (χ0) is 26.4. The minimum atomic E-state index is -0.267. The summed E-state index contributed by atoms with van der Waals surface area (Å²) in [5.41, 5.74) is 7.37. The highest BCUT2D eigenvalue weighted by Gasteiger charge is 2.14. The van der Waals surface area contributed by atoms with Crippen molar-refractivity contribution in [1.29, 1.82) is 0 Å². The lowest BCUT2D eigenvalue weighted by Crippen LogP contribution is -2.41. The number of nitrogens with two attached hydrogens (primary N) is 2. The first-order chi connectivity index (χ1) is 17.9. The van der Waals surface area contributed by atoms with Gasteiger partial charge in [-0.25, -0.2) is 10.8 Å². The number of hydrazine groups is 1. The molecule has 1 aliphatic carbocycles. The number of imidazole rings is 1. The normalized spacial score (nSPS) is 16.7. The molecule has 37 heavy (non-hydrogen) atoms. The molecule has 0 radical (unpaired) electrons. The lowest BCUT2D eigenvalue weighted by atomic mass is 10.1. The Balaban J connectivity index is 1.70. The zero-order valence-electron chi connectivity index (χ0n) is 20.3. The van der Waals surface area contributed by atoms with Gasteiger partial charge in [-0.3, -0.25) is 4.79 Å². The minimum Gasteiger partial charge on any atom is -0.345 e. The SMILES string of the molecule is Cn1c(=N/C2=C/C/C=C\C=CC2)n(Cc2ccc(C(=O)NCC(=NN)NN)cc2)c2cc(Cl)c(Cl)cc21. The number of nitrogens with zero attached hydrogens (tertiary/aromatic N) is 4. The Bertz CT molecular complexity index is 1490. The lowest BCUT2D eigenvalue weighted by molar-refractivity contribution is 0.0959. The molecule has 192 valence electrons. The standard InChI is InChI=1S/C26H28Cl2N8O/c1-35-22-13-20(27)21(28)14-23(22)36(26(35)32-19-7-5-3-2-4-6-8-19)16-17-9-11-18(12-10-17)25(37)31-15-24(33-29)34-30/h2-5,8-14H,6-7,15-16,29-30H2,1H3,(H,31,37)(H,33,34)/b4-2-,5-3?,19-8+,32-26?. The largest absolute Gasteiger partial charge is 0.345 e. The molecule has 0 saturated heterocycles. The number of hydrogen-bond donors (Lipinski definition) is 4. The van der Waals surface area contributed by atoms with Gasteiger partial charge in [-0.05, 0) is 36.2 Å². The highest BCUT2D eigenvalue weighted by Crippen LogP contribution is 2.28. The molecule has 6 N–H and O–H groups in total. The maximum Gasteiger partial charge on any atom is 0.251 e. The average Bonchev–Trinajstić information content (AvgIpc) is 3.11. The van der Waals surface area contributed by atoms with Crippen molar-refractivity contribution in [3.8, 4) is 0 Å². The quantitative estimate of drug-likeness (QED) is 0.166. The van der Waals surface area contributed by atoms with Crippen molar-refractivity contribution in [3.05, 3.63) is 99.3 Å². The second-order valence-corrected chi connectivity index (χ2v) is 9.22. The molecule has 1 aromatic heterocycles. The third-order valence-corrected chi connectivity index (χ3v) is 6.67. The van der Waals surface area contributed by atoms with Crippen LogP contribution in [0.5, 0.6) is 0 Å². The Labute approximate surface area is 224 Å². The van der Waals surface area contributed by atoms with Gasteiger partial charge in [0.15, 0.2) is 5.84 Å². The van der Waals surface area contributed by atoms with E-state index in [1.165, 1.54) is 0 Å². The highest BCUT2D eigenvalue weighted by atomic mass is 35.5. The smallest absolute Gasteiger partial charge is 0.251 e. The van der Waals surface area contributed by atoms with Crippen LogP contribution < -0.4 is 28.0 Å². The summed E-state index contributed by atoms with van der Waals surface area (Å²) in [6.45, 7) is 0.606. The van der Waals surface area contributed by atoms with E-state index in [1.54, 1.807) is 12.1 Å². The topological polar surface area (TPSA) is 128 Å². The summed E-state index contributed by atoms with van der Waals surface area (Å²) in [6, 6.07) is 11.1. The molecular weight excluding hydrogens is 511 g/mol. The van der Waals surface area contributed by atoms with Crippen LogP contribution in [-0.4, -0.2) is 27.4 Å². The predicted molar refractivity (Wildman–Crippen MR) is 149 cm³/mol. The Morgan fingerprint density at radius 2 is 1.78 bits per heavy atom. The summed E-state index contributed by atoms with van der Waals surface area (Å²) >= 11 is 12.7. The van der Waals surface area contributed by atoms with Crippen LogP contribution in [-0.2, 0) is 13.6 Å². The summed E-state index contributed by atoms with van der Waals surface area (Å²) in [6.07, 6.45) is 11.9. The van der Waals surface area contributed by atoms with Crippen LogP contribution in [0.15, 0.2) is 82.6 Å². The number of amidine groups is 1. The number of benzene rings is 2. The third kappa shape index (κ3) is 6.14. The first-order valence-corrected chi connectivity index (χ1v) is 12.4. The summed E-state index contributed by atoms with van der Waals surface area (Å²) in [4.78, 5) is 17.5. The van der Waals surface area contributed by atoms with Gasteiger partial charge in [0.2, 0.25) is 5.62 Å². The molecule has 1 heterocycles. The van der Waals surface area contributed by atoms with Gasteiger partial charge in [0.1, 0.15) is 0 Å². The van der Waals surface area contributed by atoms with Crippen LogP contribution in [0.3, 0.4) is 0 Å². The van der Waals surface area contributed by atoms with Gasteiger partial charge < -0.3 is 25.7 Å². The number of amides is 1. The molecule has 1 amide bonds. The van der Waals surface area contributed by atoms with E-state index in [0.717, 1.165) is 40.8 Å². The maximum atomic E-state index is 12.5. The van der Waals surface area contributed by atoms with Crippen molar-refractivity contribution >= 4 is 46.0 Å². The van der Waals surface area contributed by atoms with Crippen molar-refractivity contribution in [3.63, 3.8) is 0 Å². The minimum absolute atomic E-state index is 0.0917. The molecule has 0 bridgehead atoms. The number of aromatic nitrogens is 2.